The van der Waals surface area contributed by atoms with Crippen molar-refractivity contribution in [3.8, 4) is 0 Å². The lowest BCUT2D eigenvalue weighted by atomic mass is 10.2. The molecule has 0 aliphatic carbocycles. The third kappa shape index (κ3) is 2.18. The van der Waals surface area contributed by atoms with Gasteiger partial charge in [-0.1, -0.05) is 11.6 Å². The van der Waals surface area contributed by atoms with Gasteiger partial charge in [0.25, 0.3) is 0 Å². The van der Waals surface area contributed by atoms with Crippen molar-refractivity contribution in [2.45, 2.75) is 33.9 Å². The van der Waals surface area contributed by atoms with E-state index in [0.29, 0.717) is 0 Å². The average molecular weight is 332 g/mol. The molecule has 104 valence electrons. The Kier molecular flexibility index (Phi) is 3.42. The molecular weight excluding hydrogens is 314 g/mol. The Hall–Kier alpha value is -1.55. The van der Waals surface area contributed by atoms with Crippen molar-refractivity contribution in [3.05, 3.63) is 51.9 Å². The summed E-state index contributed by atoms with van der Waals surface area (Å²) < 4.78 is 5.47. The normalized spacial score (nSPS) is 11.4. The summed E-state index contributed by atoms with van der Waals surface area (Å²) in [6, 6.07) is 8.76. The number of nitrogens with zero attached hydrogens (tertiary/aromatic N) is 3. The van der Waals surface area contributed by atoms with E-state index >= 15 is 0 Å². The summed E-state index contributed by atoms with van der Waals surface area (Å²) >= 11 is 3.67. The monoisotopic (exact) mass is 331 g/mol. The minimum atomic E-state index is 0.835. The van der Waals surface area contributed by atoms with Crippen molar-refractivity contribution in [1.29, 1.82) is 0 Å². The molecule has 0 saturated heterocycles. The van der Waals surface area contributed by atoms with Crippen molar-refractivity contribution >= 4 is 26.8 Å². The first-order valence-corrected chi connectivity index (χ1v) is 7.66. The van der Waals surface area contributed by atoms with Crippen LogP contribution in [0.4, 0.5) is 0 Å². The third-order valence-corrected chi connectivity index (χ3v) is 4.73. The number of benzene rings is 1. The highest BCUT2D eigenvalue weighted by Crippen LogP contribution is 2.24. The van der Waals surface area contributed by atoms with E-state index in [2.05, 4.69) is 74.6 Å². The van der Waals surface area contributed by atoms with Crippen molar-refractivity contribution in [2.24, 2.45) is 0 Å². The van der Waals surface area contributed by atoms with E-state index < -0.39 is 0 Å². The van der Waals surface area contributed by atoms with Crippen LogP contribution >= 0.6 is 15.9 Å². The molecule has 0 radical (unpaired) electrons. The number of hydrogen-bond acceptors (Lipinski definition) is 1. The molecule has 0 aliphatic heterocycles. The lowest BCUT2D eigenvalue weighted by molar-refractivity contribution is 0.601. The first kappa shape index (κ1) is 13.4. The van der Waals surface area contributed by atoms with Gasteiger partial charge in [0.2, 0.25) is 0 Å². The molecule has 0 spiro atoms. The number of aromatic nitrogens is 3. The molecule has 0 bridgehead atoms. The van der Waals surface area contributed by atoms with E-state index in [0.717, 1.165) is 23.3 Å². The molecule has 0 unspecified atom stereocenters. The smallest absolute Gasteiger partial charge is 0.0739 e. The van der Waals surface area contributed by atoms with E-state index in [1.165, 1.54) is 22.2 Å². The summed E-state index contributed by atoms with van der Waals surface area (Å²) in [7, 11) is 0. The molecule has 20 heavy (non-hydrogen) atoms. The average Bonchev–Trinajstić information content (AvgIpc) is 2.94. The van der Waals surface area contributed by atoms with Crippen LogP contribution in [0.25, 0.3) is 10.9 Å². The van der Waals surface area contributed by atoms with E-state index in [4.69, 9.17) is 0 Å². The highest BCUT2D eigenvalue weighted by atomic mass is 79.9. The quantitative estimate of drug-likeness (QED) is 0.702. The standard InChI is InChI=1S/C16H18BrN3/c1-4-20-15(16(17)12(3)18-20)10-19-8-7-13-9-11(2)5-6-14(13)19/h5-9H,4,10H2,1-3H3. The number of fused-ring (bicyclic) bond motifs is 1. The molecule has 0 fully saturated rings. The molecule has 3 aromatic rings. The zero-order chi connectivity index (χ0) is 14.3. The van der Waals surface area contributed by atoms with Crippen LogP contribution in [0.15, 0.2) is 34.9 Å². The van der Waals surface area contributed by atoms with Crippen LogP contribution in [-0.4, -0.2) is 14.3 Å². The van der Waals surface area contributed by atoms with Crippen molar-refractivity contribution in [2.75, 3.05) is 0 Å². The number of halogens is 1. The van der Waals surface area contributed by atoms with Crippen molar-refractivity contribution < 1.29 is 0 Å². The molecule has 3 rings (SSSR count). The van der Waals surface area contributed by atoms with Gasteiger partial charge in [0.1, 0.15) is 0 Å². The first-order valence-electron chi connectivity index (χ1n) is 6.87. The second kappa shape index (κ2) is 5.09. The Balaban J connectivity index is 2.05. The van der Waals surface area contributed by atoms with Crippen LogP contribution in [0, 0.1) is 13.8 Å². The number of rotatable bonds is 3. The summed E-state index contributed by atoms with van der Waals surface area (Å²) in [5.41, 5.74) is 4.84. The van der Waals surface area contributed by atoms with Crippen molar-refractivity contribution in [1.82, 2.24) is 14.3 Å². The minimum Gasteiger partial charge on any atom is -0.341 e. The molecule has 2 aromatic heterocycles. The fourth-order valence-electron chi connectivity index (χ4n) is 2.64. The van der Waals surface area contributed by atoms with Crippen LogP contribution in [0.5, 0.6) is 0 Å². The molecule has 2 heterocycles. The predicted molar refractivity (Wildman–Crippen MR) is 86.1 cm³/mol. The minimum absolute atomic E-state index is 0.835. The topological polar surface area (TPSA) is 22.8 Å². The molecule has 0 amide bonds. The Morgan fingerprint density at radius 1 is 1.20 bits per heavy atom. The van der Waals surface area contributed by atoms with Crippen LogP contribution in [0.3, 0.4) is 0 Å². The molecule has 0 atom stereocenters. The molecular formula is C16H18BrN3. The Morgan fingerprint density at radius 2 is 2.00 bits per heavy atom. The van der Waals surface area contributed by atoms with E-state index in [1.807, 2.05) is 6.92 Å². The fourth-order valence-corrected chi connectivity index (χ4v) is 3.05. The highest BCUT2D eigenvalue weighted by Gasteiger charge is 2.13. The molecule has 3 nitrogen and oxygen atoms in total. The molecule has 1 aromatic carbocycles. The van der Waals surface area contributed by atoms with Gasteiger partial charge in [-0.2, -0.15) is 5.10 Å². The zero-order valence-corrected chi connectivity index (χ0v) is 13.6. The van der Waals surface area contributed by atoms with Gasteiger partial charge in [0.05, 0.1) is 22.4 Å². The van der Waals surface area contributed by atoms with E-state index in [-0.39, 0.29) is 0 Å². The molecule has 0 N–H and O–H groups in total. The van der Waals surface area contributed by atoms with Gasteiger partial charge in [-0.05, 0) is 60.3 Å². The summed E-state index contributed by atoms with van der Waals surface area (Å²) in [4.78, 5) is 0. The number of aryl methyl sites for hydroxylation is 3. The Morgan fingerprint density at radius 3 is 2.75 bits per heavy atom. The van der Waals surface area contributed by atoms with Gasteiger partial charge in [0.15, 0.2) is 0 Å². The summed E-state index contributed by atoms with van der Waals surface area (Å²) in [5.74, 6) is 0. The maximum absolute atomic E-state index is 4.56. The summed E-state index contributed by atoms with van der Waals surface area (Å²) in [6.07, 6.45) is 2.15. The molecule has 0 saturated carbocycles. The number of hydrogen-bond donors (Lipinski definition) is 0. The predicted octanol–water partition coefficient (Wildman–Crippen LogP) is 4.29. The highest BCUT2D eigenvalue weighted by molar-refractivity contribution is 9.10. The maximum Gasteiger partial charge on any atom is 0.0739 e. The third-order valence-electron chi connectivity index (χ3n) is 3.70. The van der Waals surface area contributed by atoms with Gasteiger partial charge in [-0.15, -0.1) is 0 Å². The van der Waals surface area contributed by atoms with Crippen molar-refractivity contribution in [3.63, 3.8) is 0 Å². The summed E-state index contributed by atoms with van der Waals surface area (Å²) in [6.45, 7) is 8.02. The van der Waals surface area contributed by atoms with Crippen LogP contribution in [-0.2, 0) is 13.1 Å². The first-order chi connectivity index (χ1) is 9.60. The van der Waals surface area contributed by atoms with Gasteiger partial charge >= 0.3 is 0 Å². The van der Waals surface area contributed by atoms with Gasteiger partial charge in [-0.25, -0.2) is 0 Å². The lowest BCUT2D eigenvalue weighted by Crippen LogP contribution is -2.07. The lowest BCUT2D eigenvalue weighted by Gasteiger charge is -2.08. The van der Waals surface area contributed by atoms with Crippen LogP contribution < -0.4 is 0 Å². The van der Waals surface area contributed by atoms with E-state index in [9.17, 15) is 0 Å². The van der Waals surface area contributed by atoms with Gasteiger partial charge in [0, 0.05) is 18.3 Å². The molecule has 4 heteroatoms. The van der Waals surface area contributed by atoms with Gasteiger partial charge in [-0.3, -0.25) is 4.68 Å². The second-order valence-corrected chi connectivity index (χ2v) is 5.96. The maximum atomic E-state index is 4.56. The molecule has 0 aliphatic rings. The van der Waals surface area contributed by atoms with E-state index in [1.54, 1.807) is 0 Å². The second-order valence-electron chi connectivity index (χ2n) is 5.17. The largest absolute Gasteiger partial charge is 0.341 e. The Bertz CT molecular complexity index is 767. The van der Waals surface area contributed by atoms with Gasteiger partial charge < -0.3 is 4.57 Å². The fraction of sp³-hybridized carbons (Fsp3) is 0.312. The SMILES string of the molecule is CCn1nc(C)c(Br)c1Cn1ccc2cc(C)ccc21. The van der Waals surface area contributed by atoms with Crippen LogP contribution in [0.2, 0.25) is 0 Å². The van der Waals surface area contributed by atoms with Crippen LogP contribution in [0.1, 0.15) is 23.9 Å². The summed E-state index contributed by atoms with van der Waals surface area (Å²) in [5, 5.41) is 5.85. The Labute approximate surface area is 127 Å². The zero-order valence-electron chi connectivity index (χ0n) is 12.0.